The van der Waals surface area contributed by atoms with E-state index in [9.17, 15) is 4.79 Å². The van der Waals surface area contributed by atoms with Crippen LogP contribution in [-0.4, -0.2) is 53.7 Å². The van der Waals surface area contributed by atoms with Crippen molar-refractivity contribution in [3.8, 4) is 11.4 Å². The van der Waals surface area contributed by atoms with Crippen molar-refractivity contribution >= 4 is 5.91 Å². The molecule has 6 heteroatoms. The number of aromatic nitrogens is 2. The van der Waals surface area contributed by atoms with E-state index in [0.717, 1.165) is 55.8 Å². The normalized spacial score (nSPS) is 23.6. The van der Waals surface area contributed by atoms with Crippen molar-refractivity contribution in [2.75, 3.05) is 32.9 Å². The fourth-order valence-corrected chi connectivity index (χ4v) is 4.80. The lowest BCUT2D eigenvalue weighted by molar-refractivity contribution is -0.148. The lowest BCUT2D eigenvalue weighted by Gasteiger charge is -2.44. The number of benzene rings is 1. The predicted octanol–water partition coefficient (Wildman–Crippen LogP) is 2.96. The second-order valence-corrected chi connectivity index (χ2v) is 8.27. The van der Waals surface area contributed by atoms with E-state index in [1.807, 2.05) is 41.4 Å². The van der Waals surface area contributed by atoms with Gasteiger partial charge in [0, 0.05) is 31.5 Å². The van der Waals surface area contributed by atoms with Gasteiger partial charge in [-0.05, 0) is 37.7 Å². The minimum Gasteiger partial charge on any atom is -0.381 e. The SMILES string of the molecule is O=C(C1CCCOC1)N1CCC2(CC1)OCCc1cnc(-c3ccccc3)nc12. The summed E-state index contributed by atoms with van der Waals surface area (Å²) in [6.45, 7) is 3.44. The van der Waals surface area contributed by atoms with Crippen LogP contribution in [0.25, 0.3) is 11.4 Å². The molecule has 0 aliphatic carbocycles. The number of carbonyl (C=O) groups is 1. The fraction of sp³-hybridized carbons (Fsp3) is 0.522. The van der Waals surface area contributed by atoms with Gasteiger partial charge in [-0.1, -0.05) is 30.3 Å². The number of piperidine rings is 1. The van der Waals surface area contributed by atoms with E-state index in [1.165, 1.54) is 5.56 Å². The summed E-state index contributed by atoms with van der Waals surface area (Å²) in [4.78, 5) is 24.5. The van der Waals surface area contributed by atoms with E-state index < -0.39 is 5.60 Å². The van der Waals surface area contributed by atoms with Crippen molar-refractivity contribution in [2.24, 2.45) is 5.92 Å². The van der Waals surface area contributed by atoms with Crippen LogP contribution in [0.1, 0.15) is 36.9 Å². The maximum Gasteiger partial charge on any atom is 0.228 e. The average molecular weight is 393 g/mol. The summed E-state index contributed by atoms with van der Waals surface area (Å²) < 4.78 is 11.9. The molecule has 5 rings (SSSR count). The molecule has 6 nitrogen and oxygen atoms in total. The summed E-state index contributed by atoms with van der Waals surface area (Å²) in [7, 11) is 0. The number of hydrogen-bond donors (Lipinski definition) is 0. The molecule has 4 heterocycles. The van der Waals surface area contributed by atoms with E-state index in [0.29, 0.717) is 26.3 Å². The van der Waals surface area contributed by atoms with Crippen LogP contribution in [0.4, 0.5) is 0 Å². The topological polar surface area (TPSA) is 64.5 Å². The molecule has 0 N–H and O–H groups in total. The highest BCUT2D eigenvalue weighted by Gasteiger charge is 2.44. The predicted molar refractivity (Wildman–Crippen MR) is 108 cm³/mol. The molecule has 2 fully saturated rings. The first-order chi connectivity index (χ1) is 14.3. The van der Waals surface area contributed by atoms with Gasteiger partial charge in [0.1, 0.15) is 5.60 Å². The Morgan fingerprint density at radius 3 is 2.72 bits per heavy atom. The molecule has 3 aliphatic rings. The van der Waals surface area contributed by atoms with Crippen molar-refractivity contribution in [3.05, 3.63) is 47.8 Å². The second-order valence-electron chi connectivity index (χ2n) is 8.27. The third-order valence-corrected chi connectivity index (χ3v) is 6.47. The van der Waals surface area contributed by atoms with Gasteiger partial charge in [0.2, 0.25) is 5.91 Å². The zero-order valence-electron chi connectivity index (χ0n) is 16.7. The van der Waals surface area contributed by atoms with Gasteiger partial charge in [-0.2, -0.15) is 0 Å². The molecule has 152 valence electrons. The van der Waals surface area contributed by atoms with Crippen molar-refractivity contribution in [2.45, 2.75) is 37.7 Å². The molecule has 2 saturated heterocycles. The van der Waals surface area contributed by atoms with E-state index in [4.69, 9.17) is 14.5 Å². The zero-order chi connectivity index (χ0) is 19.7. The van der Waals surface area contributed by atoms with Gasteiger partial charge >= 0.3 is 0 Å². The first-order valence-electron chi connectivity index (χ1n) is 10.7. The van der Waals surface area contributed by atoms with Crippen LogP contribution >= 0.6 is 0 Å². The van der Waals surface area contributed by atoms with Crippen molar-refractivity contribution in [1.82, 2.24) is 14.9 Å². The smallest absolute Gasteiger partial charge is 0.228 e. The Morgan fingerprint density at radius 2 is 1.97 bits per heavy atom. The zero-order valence-corrected chi connectivity index (χ0v) is 16.7. The van der Waals surface area contributed by atoms with Crippen molar-refractivity contribution in [3.63, 3.8) is 0 Å². The highest BCUT2D eigenvalue weighted by atomic mass is 16.5. The quantitative estimate of drug-likeness (QED) is 0.785. The number of hydrogen-bond acceptors (Lipinski definition) is 5. The second kappa shape index (κ2) is 7.84. The highest BCUT2D eigenvalue weighted by Crippen LogP contribution is 2.41. The molecule has 1 aromatic heterocycles. The summed E-state index contributed by atoms with van der Waals surface area (Å²) in [5.74, 6) is 1.000. The van der Waals surface area contributed by atoms with Crippen molar-refractivity contribution in [1.29, 1.82) is 0 Å². The first-order valence-corrected chi connectivity index (χ1v) is 10.7. The molecule has 29 heavy (non-hydrogen) atoms. The fourth-order valence-electron chi connectivity index (χ4n) is 4.80. The van der Waals surface area contributed by atoms with Gasteiger partial charge in [-0.15, -0.1) is 0 Å². The molecular formula is C23H27N3O3. The third-order valence-electron chi connectivity index (χ3n) is 6.47. The number of ether oxygens (including phenoxy) is 2. The Kier molecular flexibility index (Phi) is 5.06. The van der Waals surface area contributed by atoms with E-state index >= 15 is 0 Å². The molecule has 1 spiro atoms. The summed E-state index contributed by atoms with van der Waals surface area (Å²) in [5.41, 5.74) is 2.81. The lowest BCUT2D eigenvalue weighted by Crippen LogP contribution is -2.50. The number of nitrogens with zero attached hydrogens (tertiary/aromatic N) is 3. The standard InChI is InChI=1S/C23H27N3O3/c27-22(19-7-4-13-28-16-19)26-11-9-23(10-12-26)20-18(8-14-29-23)15-24-21(25-20)17-5-2-1-3-6-17/h1-3,5-6,15,19H,4,7-14,16H2. The van der Waals surface area contributed by atoms with Crippen LogP contribution in [0.5, 0.6) is 0 Å². The van der Waals surface area contributed by atoms with Crippen LogP contribution in [0.2, 0.25) is 0 Å². The van der Waals surface area contributed by atoms with Gasteiger partial charge in [-0.25, -0.2) is 9.97 Å². The molecule has 1 atom stereocenters. The summed E-state index contributed by atoms with van der Waals surface area (Å²) in [6.07, 6.45) is 6.28. The highest BCUT2D eigenvalue weighted by molar-refractivity contribution is 5.79. The summed E-state index contributed by atoms with van der Waals surface area (Å²) in [6, 6.07) is 10.1. The Hall–Kier alpha value is -2.31. The average Bonchev–Trinajstić information content (AvgIpc) is 2.80. The molecule has 1 unspecified atom stereocenters. The third kappa shape index (κ3) is 3.55. The van der Waals surface area contributed by atoms with Crippen LogP contribution < -0.4 is 0 Å². The lowest BCUT2D eigenvalue weighted by atomic mass is 9.82. The molecule has 0 radical (unpaired) electrons. The summed E-state index contributed by atoms with van der Waals surface area (Å²) in [5, 5.41) is 0. The van der Waals surface area contributed by atoms with Gasteiger partial charge in [0.15, 0.2) is 5.82 Å². The van der Waals surface area contributed by atoms with Gasteiger partial charge in [0.05, 0.1) is 24.8 Å². The molecule has 0 bridgehead atoms. The molecule has 0 saturated carbocycles. The largest absolute Gasteiger partial charge is 0.381 e. The Bertz CT molecular complexity index is 872. The minimum absolute atomic E-state index is 0.0179. The van der Waals surface area contributed by atoms with Crippen LogP contribution in [0, 0.1) is 5.92 Å². The van der Waals surface area contributed by atoms with E-state index in [-0.39, 0.29) is 11.8 Å². The number of fused-ring (bicyclic) bond motifs is 2. The molecule has 1 amide bonds. The van der Waals surface area contributed by atoms with Crippen LogP contribution in [0.3, 0.4) is 0 Å². The van der Waals surface area contributed by atoms with Crippen LogP contribution in [-0.2, 0) is 26.3 Å². The Morgan fingerprint density at radius 1 is 1.14 bits per heavy atom. The summed E-state index contributed by atoms with van der Waals surface area (Å²) >= 11 is 0. The maximum absolute atomic E-state index is 12.9. The molecule has 1 aromatic carbocycles. The Balaban J connectivity index is 1.37. The Labute approximate surface area is 171 Å². The number of amides is 1. The number of rotatable bonds is 2. The first kappa shape index (κ1) is 18.7. The molecular weight excluding hydrogens is 366 g/mol. The number of carbonyl (C=O) groups excluding carboxylic acids is 1. The van der Waals surface area contributed by atoms with E-state index in [2.05, 4.69) is 4.98 Å². The maximum atomic E-state index is 12.9. The van der Waals surface area contributed by atoms with Crippen molar-refractivity contribution < 1.29 is 14.3 Å². The van der Waals surface area contributed by atoms with Gasteiger partial charge in [0.25, 0.3) is 0 Å². The van der Waals surface area contributed by atoms with Gasteiger partial charge < -0.3 is 14.4 Å². The molecule has 2 aromatic rings. The van der Waals surface area contributed by atoms with Gasteiger partial charge in [-0.3, -0.25) is 4.79 Å². The molecule has 3 aliphatic heterocycles. The minimum atomic E-state index is -0.403. The van der Waals surface area contributed by atoms with Crippen LogP contribution in [0.15, 0.2) is 36.5 Å². The monoisotopic (exact) mass is 393 g/mol. The number of likely N-dealkylation sites (tertiary alicyclic amines) is 1. The van der Waals surface area contributed by atoms with E-state index in [1.54, 1.807) is 0 Å².